The molecule has 0 saturated heterocycles. The molecule has 0 saturated carbocycles. The fourth-order valence-corrected chi connectivity index (χ4v) is 3.71. The summed E-state index contributed by atoms with van der Waals surface area (Å²) in [6, 6.07) is 21.6. The van der Waals surface area contributed by atoms with E-state index in [4.69, 9.17) is 4.98 Å². The molecule has 3 heterocycles. The van der Waals surface area contributed by atoms with Crippen molar-refractivity contribution in [2.24, 2.45) is 0 Å². The van der Waals surface area contributed by atoms with E-state index in [9.17, 15) is 4.79 Å². The van der Waals surface area contributed by atoms with Gasteiger partial charge in [0.05, 0.1) is 11.9 Å². The second kappa shape index (κ2) is 8.47. The molecule has 0 aliphatic rings. The summed E-state index contributed by atoms with van der Waals surface area (Å²) in [7, 11) is 0. The average molecular weight is 422 g/mol. The Bertz CT molecular complexity index is 1390. The van der Waals surface area contributed by atoms with Gasteiger partial charge in [0.2, 0.25) is 5.95 Å². The van der Waals surface area contributed by atoms with Crippen molar-refractivity contribution in [1.29, 1.82) is 0 Å². The molecular formula is C25H22N6O. The Labute approximate surface area is 185 Å². The maximum Gasteiger partial charge on any atom is 0.252 e. The van der Waals surface area contributed by atoms with E-state index in [1.165, 1.54) is 11.1 Å². The predicted octanol–water partition coefficient (Wildman–Crippen LogP) is 4.54. The van der Waals surface area contributed by atoms with E-state index in [0.717, 1.165) is 23.2 Å². The number of nitrogens with one attached hydrogen (secondary N) is 1. The number of fused-ring (bicyclic) bond motifs is 1. The normalized spacial score (nSPS) is 11.0. The second-order valence-corrected chi connectivity index (χ2v) is 7.64. The van der Waals surface area contributed by atoms with Crippen molar-refractivity contribution < 1.29 is 0 Å². The zero-order valence-corrected chi connectivity index (χ0v) is 17.6. The van der Waals surface area contributed by atoms with E-state index in [1.54, 1.807) is 35.3 Å². The summed E-state index contributed by atoms with van der Waals surface area (Å²) in [5.41, 5.74) is 4.63. The van der Waals surface area contributed by atoms with Crippen LogP contribution in [0.5, 0.6) is 0 Å². The van der Waals surface area contributed by atoms with Crippen LogP contribution in [0.3, 0.4) is 0 Å². The molecule has 0 aliphatic heterocycles. The van der Waals surface area contributed by atoms with Crippen molar-refractivity contribution in [2.45, 2.75) is 19.9 Å². The molecule has 32 heavy (non-hydrogen) atoms. The largest absolute Gasteiger partial charge is 0.292 e. The Kier molecular flexibility index (Phi) is 5.21. The number of aromatic amines is 1. The molecule has 0 atom stereocenters. The molecular weight excluding hydrogens is 400 g/mol. The molecule has 0 fully saturated rings. The number of aromatic nitrogens is 5. The molecule has 158 valence electrons. The van der Waals surface area contributed by atoms with Crippen LogP contribution in [0.4, 0.5) is 17.3 Å². The number of anilines is 3. The zero-order valence-electron chi connectivity index (χ0n) is 17.6. The van der Waals surface area contributed by atoms with Gasteiger partial charge in [0.1, 0.15) is 5.65 Å². The van der Waals surface area contributed by atoms with Crippen molar-refractivity contribution in [3.8, 4) is 0 Å². The molecule has 1 N–H and O–H groups in total. The third kappa shape index (κ3) is 3.88. The SMILES string of the molecule is Cc1ccc(CCn2c(=O)ccc3cnc(N(c4ccccc4)c4cn[nH]c4)nc32)cc1. The van der Waals surface area contributed by atoms with Gasteiger partial charge in [0.25, 0.3) is 5.56 Å². The Morgan fingerprint density at radius 1 is 0.938 bits per heavy atom. The van der Waals surface area contributed by atoms with Gasteiger partial charge >= 0.3 is 0 Å². The molecule has 0 amide bonds. The summed E-state index contributed by atoms with van der Waals surface area (Å²) < 4.78 is 1.72. The number of benzene rings is 2. The minimum atomic E-state index is -0.0798. The minimum absolute atomic E-state index is 0.0798. The second-order valence-electron chi connectivity index (χ2n) is 7.64. The number of H-pyrrole nitrogens is 1. The number of aryl methyl sites for hydroxylation is 3. The van der Waals surface area contributed by atoms with E-state index in [1.807, 2.05) is 35.2 Å². The number of hydrogen-bond donors (Lipinski definition) is 1. The molecule has 5 aromatic rings. The van der Waals surface area contributed by atoms with Crippen LogP contribution < -0.4 is 10.5 Å². The van der Waals surface area contributed by atoms with E-state index >= 15 is 0 Å². The highest BCUT2D eigenvalue weighted by molar-refractivity contribution is 5.78. The van der Waals surface area contributed by atoms with Gasteiger partial charge < -0.3 is 0 Å². The Hall–Kier alpha value is -4.26. The van der Waals surface area contributed by atoms with Gasteiger partial charge in [-0.2, -0.15) is 10.1 Å². The van der Waals surface area contributed by atoms with Gasteiger partial charge in [-0.05, 0) is 37.1 Å². The highest BCUT2D eigenvalue weighted by Crippen LogP contribution is 2.31. The van der Waals surface area contributed by atoms with Gasteiger partial charge in [-0.1, -0.05) is 48.0 Å². The van der Waals surface area contributed by atoms with E-state index in [-0.39, 0.29) is 5.56 Å². The van der Waals surface area contributed by atoms with Crippen LogP contribution in [0.2, 0.25) is 0 Å². The molecule has 0 aliphatic carbocycles. The predicted molar refractivity (Wildman–Crippen MR) is 126 cm³/mol. The van der Waals surface area contributed by atoms with Gasteiger partial charge in [0.15, 0.2) is 0 Å². The van der Waals surface area contributed by atoms with Crippen LogP contribution in [-0.2, 0) is 13.0 Å². The molecule has 3 aromatic heterocycles. The van der Waals surface area contributed by atoms with Crippen molar-refractivity contribution in [3.05, 3.63) is 107 Å². The zero-order chi connectivity index (χ0) is 21.9. The third-order valence-electron chi connectivity index (χ3n) is 5.41. The smallest absolute Gasteiger partial charge is 0.252 e. The van der Waals surface area contributed by atoms with Crippen molar-refractivity contribution in [1.82, 2.24) is 24.7 Å². The first kappa shape index (κ1) is 19.7. The van der Waals surface area contributed by atoms with E-state index in [2.05, 4.69) is 46.4 Å². The number of pyridine rings is 1. The van der Waals surface area contributed by atoms with Crippen LogP contribution in [0.25, 0.3) is 11.0 Å². The number of hydrogen-bond acceptors (Lipinski definition) is 5. The van der Waals surface area contributed by atoms with Crippen LogP contribution in [0.1, 0.15) is 11.1 Å². The number of nitrogens with zero attached hydrogens (tertiary/aromatic N) is 5. The maximum atomic E-state index is 12.8. The third-order valence-corrected chi connectivity index (χ3v) is 5.41. The molecule has 5 rings (SSSR count). The van der Waals surface area contributed by atoms with E-state index < -0.39 is 0 Å². The lowest BCUT2D eigenvalue weighted by molar-refractivity contribution is 0.687. The first-order valence-electron chi connectivity index (χ1n) is 10.5. The number of para-hydroxylation sites is 1. The Morgan fingerprint density at radius 3 is 2.50 bits per heavy atom. The topological polar surface area (TPSA) is 79.7 Å². The summed E-state index contributed by atoms with van der Waals surface area (Å²) in [5.74, 6) is 0.472. The van der Waals surface area contributed by atoms with Crippen molar-refractivity contribution in [3.63, 3.8) is 0 Å². The van der Waals surface area contributed by atoms with Crippen LogP contribution in [0.15, 0.2) is 90.1 Å². The fourth-order valence-electron chi connectivity index (χ4n) is 3.71. The summed E-state index contributed by atoms with van der Waals surface area (Å²) in [6.45, 7) is 2.60. The minimum Gasteiger partial charge on any atom is -0.292 e. The molecule has 7 heteroatoms. The first-order valence-corrected chi connectivity index (χ1v) is 10.5. The lowest BCUT2D eigenvalue weighted by Crippen LogP contribution is -2.22. The molecule has 0 spiro atoms. The van der Waals surface area contributed by atoms with Crippen LogP contribution in [0, 0.1) is 6.92 Å². The highest BCUT2D eigenvalue weighted by Gasteiger charge is 2.17. The van der Waals surface area contributed by atoms with Crippen molar-refractivity contribution >= 4 is 28.4 Å². The maximum absolute atomic E-state index is 12.8. The quantitative estimate of drug-likeness (QED) is 0.435. The summed E-state index contributed by atoms with van der Waals surface area (Å²) in [4.78, 5) is 24.1. The Morgan fingerprint density at radius 2 is 1.75 bits per heavy atom. The molecule has 2 aromatic carbocycles. The van der Waals surface area contributed by atoms with Crippen LogP contribution in [-0.4, -0.2) is 24.7 Å². The van der Waals surface area contributed by atoms with Gasteiger partial charge in [-0.15, -0.1) is 0 Å². The molecule has 0 radical (unpaired) electrons. The first-order chi connectivity index (χ1) is 15.7. The van der Waals surface area contributed by atoms with Gasteiger partial charge in [-0.25, -0.2) is 4.98 Å². The molecule has 0 bridgehead atoms. The summed E-state index contributed by atoms with van der Waals surface area (Å²) in [6.07, 6.45) is 6.00. The monoisotopic (exact) mass is 422 g/mol. The van der Waals surface area contributed by atoms with E-state index in [0.29, 0.717) is 18.1 Å². The standard InChI is InChI=1S/C25H22N6O/c1-18-7-9-19(10-8-18)13-14-30-23(32)12-11-20-15-26-25(29-24(20)30)31(22-16-27-28-17-22)21-5-3-2-4-6-21/h2-12,15-17H,13-14H2,1H3,(H,27,28). The summed E-state index contributed by atoms with van der Waals surface area (Å²) in [5, 5.41) is 7.74. The highest BCUT2D eigenvalue weighted by atomic mass is 16.1. The van der Waals surface area contributed by atoms with Gasteiger partial charge in [-0.3, -0.25) is 19.4 Å². The fraction of sp³-hybridized carbons (Fsp3) is 0.120. The molecule has 7 nitrogen and oxygen atoms in total. The Balaban J connectivity index is 1.58. The summed E-state index contributed by atoms with van der Waals surface area (Å²) >= 11 is 0. The van der Waals surface area contributed by atoms with Crippen LogP contribution >= 0.6 is 0 Å². The molecule has 0 unspecified atom stereocenters. The average Bonchev–Trinajstić information content (AvgIpc) is 3.35. The number of rotatable bonds is 6. The lowest BCUT2D eigenvalue weighted by Gasteiger charge is -2.21. The lowest BCUT2D eigenvalue weighted by atomic mass is 10.1. The van der Waals surface area contributed by atoms with Gasteiger partial charge in [0, 0.05) is 36.1 Å². The van der Waals surface area contributed by atoms with Crippen molar-refractivity contribution in [2.75, 3.05) is 4.90 Å².